The monoisotopic (exact) mass is 492 g/mol. The van der Waals surface area contributed by atoms with E-state index < -0.39 is 30.4 Å². The Kier molecular flexibility index (Phi) is 7.20. The van der Waals surface area contributed by atoms with Crippen LogP contribution < -0.4 is 5.32 Å². The minimum absolute atomic E-state index is 0.125. The Morgan fingerprint density at radius 3 is 2.62 bits per heavy atom. The molecule has 2 N–H and O–H groups in total. The van der Waals surface area contributed by atoms with Crippen molar-refractivity contribution in [2.45, 2.75) is 30.3 Å². The number of aromatic nitrogens is 3. The van der Waals surface area contributed by atoms with Crippen LogP contribution in [0.15, 0.2) is 64.4 Å². The number of carbonyl (C=O) groups excluding carboxylic acids is 1. The van der Waals surface area contributed by atoms with Crippen molar-refractivity contribution >= 4 is 28.6 Å². The summed E-state index contributed by atoms with van der Waals surface area (Å²) in [7, 11) is 0. The summed E-state index contributed by atoms with van der Waals surface area (Å²) in [6, 6.07) is 11.4. The fraction of sp³-hybridized carbons (Fsp3) is 0.261. The highest BCUT2D eigenvalue weighted by Crippen LogP contribution is 2.29. The first-order valence-electron chi connectivity index (χ1n) is 10.4. The number of nitrogens with zero attached hydrogens (tertiary/aromatic N) is 2. The molecule has 178 valence electrons. The quantitative estimate of drug-likeness (QED) is 0.246. The number of aromatic amines is 1. The minimum Gasteiger partial charge on any atom is -0.414 e. The summed E-state index contributed by atoms with van der Waals surface area (Å²) in [5.41, 5.74) is 1.49. The lowest BCUT2D eigenvalue weighted by Crippen LogP contribution is -2.31. The summed E-state index contributed by atoms with van der Waals surface area (Å²) in [6.45, 7) is -0.551. The van der Waals surface area contributed by atoms with E-state index in [4.69, 9.17) is 4.42 Å². The zero-order valence-corrected chi connectivity index (χ0v) is 18.5. The average Bonchev–Trinajstić information content (AvgIpc) is 3.44. The molecule has 4 aromatic rings. The van der Waals surface area contributed by atoms with Gasteiger partial charge in [0.2, 0.25) is 11.8 Å². The number of alkyl halides is 4. The molecule has 4 rings (SSSR count). The molecule has 6 nitrogen and oxygen atoms in total. The maximum absolute atomic E-state index is 12.8. The van der Waals surface area contributed by atoms with Gasteiger partial charge >= 0.3 is 6.18 Å². The van der Waals surface area contributed by atoms with Crippen LogP contribution in [0.1, 0.15) is 28.6 Å². The van der Waals surface area contributed by atoms with E-state index in [2.05, 4.69) is 20.5 Å². The van der Waals surface area contributed by atoms with Crippen LogP contribution in [0.2, 0.25) is 0 Å². The Bertz CT molecular complexity index is 1250. The van der Waals surface area contributed by atoms with Crippen LogP contribution in [-0.2, 0) is 23.8 Å². The topological polar surface area (TPSA) is 83.8 Å². The molecule has 0 bridgehead atoms. The molecule has 34 heavy (non-hydrogen) atoms. The number of hydrogen-bond acceptors (Lipinski definition) is 5. The predicted octanol–water partition coefficient (Wildman–Crippen LogP) is 5.27. The number of H-pyrrole nitrogens is 1. The highest BCUT2D eigenvalue weighted by Gasteiger charge is 2.30. The maximum Gasteiger partial charge on any atom is 0.416 e. The molecule has 0 aliphatic heterocycles. The van der Waals surface area contributed by atoms with Gasteiger partial charge in [0.05, 0.1) is 18.7 Å². The number of hydrogen-bond donors (Lipinski definition) is 2. The number of amides is 1. The van der Waals surface area contributed by atoms with E-state index in [9.17, 15) is 22.4 Å². The average molecular weight is 492 g/mol. The van der Waals surface area contributed by atoms with Crippen molar-refractivity contribution in [2.24, 2.45) is 0 Å². The highest BCUT2D eigenvalue weighted by atomic mass is 32.2. The van der Waals surface area contributed by atoms with E-state index in [1.54, 1.807) is 0 Å². The van der Waals surface area contributed by atoms with E-state index in [0.717, 1.165) is 40.4 Å². The standard InChI is InChI=1S/C23H20F4N4O2S/c24-9-10-34-22-31-30-21(33-22)19(12-15-13-28-18-4-2-1-3-17(15)18)29-20(32)11-14-5-7-16(8-6-14)23(25,26)27/h1-8,13,19,28H,9-12H2,(H,29,32)/t19-/m0/s1. The fourth-order valence-electron chi connectivity index (χ4n) is 3.51. The van der Waals surface area contributed by atoms with E-state index in [0.29, 0.717) is 12.0 Å². The van der Waals surface area contributed by atoms with Crippen molar-refractivity contribution in [1.29, 1.82) is 0 Å². The van der Waals surface area contributed by atoms with Crippen molar-refractivity contribution in [1.82, 2.24) is 20.5 Å². The van der Waals surface area contributed by atoms with Crippen LogP contribution in [0.5, 0.6) is 0 Å². The van der Waals surface area contributed by atoms with Crippen LogP contribution in [0.25, 0.3) is 10.9 Å². The van der Waals surface area contributed by atoms with Gasteiger partial charge in [0.15, 0.2) is 0 Å². The molecule has 2 heterocycles. The van der Waals surface area contributed by atoms with Crippen LogP contribution in [0, 0.1) is 0 Å². The summed E-state index contributed by atoms with van der Waals surface area (Å²) < 4.78 is 56.5. The van der Waals surface area contributed by atoms with E-state index in [1.165, 1.54) is 12.1 Å². The number of rotatable bonds is 9. The van der Waals surface area contributed by atoms with Crippen LogP contribution >= 0.6 is 11.8 Å². The Hall–Kier alpha value is -3.34. The Morgan fingerprint density at radius 1 is 1.12 bits per heavy atom. The van der Waals surface area contributed by atoms with Crippen molar-refractivity contribution in [3.05, 3.63) is 77.3 Å². The summed E-state index contributed by atoms with van der Waals surface area (Å²) in [6.07, 6.45) is -2.41. The summed E-state index contributed by atoms with van der Waals surface area (Å²) in [5.74, 6) is -0.0946. The van der Waals surface area contributed by atoms with Crippen LogP contribution in [-0.4, -0.2) is 33.5 Å². The molecule has 0 fully saturated rings. The fourth-order valence-corrected chi connectivity index (χ4v) is 4.00. The molecule has 0 saturated carbocycles. The van der Waals surface area contributed by atoms with Crippen molar-refractivity contribution < 1.29 is 26.8 Å². The minimum atomic E-state index is -4.44. The SMILES string of the molecule is O=C(Cc1ccc(C(F)(F)F)cc1)N[C@@H](Cc1c[nH]c2ccccc12)c1nnc(SCCF)o1. The van der Waals surface area contributed by atoms with Gasteiger partial charge in [-0.1, -0.05) is 42.1 Å². The summed E-state index contributed by atoms with van der Waals surface area (Å²) in [5, 5.41) is 11.9. The Balaban J connectivity index is 1.52. The second kappa shape index (κ2) is 10.3. The lowest BCUT2D eigenvalue weighted by atomic mass is 10.0. The van der Waals surface area contributed by atoms with Gasteiger partial charge in [0.25, 0.3) is 5.22 Å². The van der Waals surface area contributed by atoms with Gasteiger partial charge in [-0.05, 0) is 29.3 Å². The third-order valence-corrected chi connectivity index (χ3v) is 5.87. The second-order valence-corrected chi connectivity index (χ2v) is 8.54. The molecule has 0 unspecified atom stereocenters. The van der Waals surface area contributed by atoms with Crippen LogP contribution in [0.3, 0.4) is 0 Å². The number of carbonyl (C=O) groups is 1. The number of para-hydroxylation sites is 1. The van der Waals surface area contributed by atoms with Gasteiger partial charge in [-0.15, -0.1) is 10.2 Å². The molecule has 2 aromatic heterocycles. The third kappa shape index (κ3) is 5.77. The van der Waals surface area contributed by atoms with Gasteiger partial charge in [0.1, 0.15) is 6.04 Å². The second-order valence-electron chi connectivity index (χ2n) is 7.50. The van der Waals surface area contributed by atoms with E-state index >= 15 is 0 Å². The predicted molar refractivity (Wildman–Crippen MR) is 119 cm³/mol. The first-order chi connectivity index (χ1) is 16.3. The van der Waals surface area contributed by atoms with Crippen molar-refractivity contribution in [3.63, 3.8) is 0 Å². The first kappa shape index (κ1) is 23.8. The molecule has 0 aliphatic rings. The Labute approximate surface area is 196 Å². The summed E-state index contributed by atoms with van der Waals surface area (Å²) >= 11 is 1.07. The molecule has 1 amide bonds. The van der Waals surface area contributed by atoms with Gasteiger partial charge in [-0.3, -0.25) is 9.18 Å². The lowest BCUT2D eigenvalue weighted by molar-refractivity contribution is -0.137. The zero-order valence-electron chi connectivity index (χ0n) is 17.7. The van der Waals surface area contributed by atoms with E-state index in [-0.39, 0.29) is 23.3 Å². The van der Waals surface area contributed by atoms with Gasteiger partial charge in [-0.2, -0.15) is 13.2 Å². The number of thioether (sulfide) groups is 1. The summed E-state index contributed by atoms with van der Waals surface area (Å²) in [4.78, 5) is 15.9. The molecule has 0 radical (unpaired) electrons. The van der Waals surface area contributed by atoms with Gasteiger partial charge in [-0.25, -0.2) is 0 Å². The number of halogens is 4. The van der Waals surface area contributed by atoms with Gasteiger partial charge in [0, 0.05) is 29.3 Å². The number of benzene rings is 2. The lowest BCUT2D eigenvalue weighted by Gasteiger charge is -2.15. The van der Waals surface area contributed by atoms with E-state index in [1.807, 2.05) is 30.5 Å². The zero-order chi connectivity index (χ0) is 24.1. The number of nitrogens with one attached hydrogen (secondary N) is 2. The molecule has 2 aromatic carbocycles. The van der Waals surface area contributed by atoms with Crippen LogP contribution in [0.4, 0.5) is 17.6 Å². The molecular weight excluding hydrogens is 472 g/mol. The van der Waals surface area contributed by atoms with Gasteiger partial charge < -0.3 is 14.7 Å². The maximum atomic E-state index is 12.8. The molecule has 1 atom stereocenters. The molecular formula is C23H20F4N4O2S. The normalized spacial score (nSPS) is 12.7. The first-order valence-corrected chi connectivity index (χ1v) is 11.3. The van der Waals surface area contributed by atoms with Crippen molar-refractivity contribution in [2.75, 3.05) is 12.4 Å². The third-order valence-electron chi connectivity index (χ3n) is 5.10. The molecule has 0 spiro atoms. The highest BCUT2D eigenvalue weighted by molar-refractivity contribution is 7.99. The largest absolute Gasteiger partial charge is 0.416 e. The number of fused-ring (bicyclic) bond motifs is 1. The Morgan fingerprint density at radius 2 is 1.88 bits per heavy atom. The smallest absolute Gasteiger partial charge is 0.414 e. The molecule has 0 aliphatic carbocycles. The van der Waals surface area contributed by atoms with Crippen molar-refractivity contribution in [3.8, 4) is 0 Å². The molecule has 0 saturated heterocycles. The molecule has 11 heteroatoms.